The molecule has 0 aliphatic carbocycles. The van der Waals surface area contributed by atoms with Gasteiger partial charge in [0.1, 0.15) is 11.1 Å². The Morgan fingerprint density at radius 1 is 1.35 bits per heavy atom. The second-order valence-electron chi connectivity index (χ2n) is 3.80. The summed E-state index contributed by atoms with van der Waals surface area (Å²) in [4.78, 5) is 13.8. The van der Waals surface area contributed by atoms with Crippen molar-refractivity contribution >= 4 is 23.4 Å². The standard InChI is InChI=1S/C15H18N2O2S/c1-4-17(12-9-7-6-8-10-12)14(20-3)13(11-16)15(18)19-5-2/h6-10H,4-5H2,1-3H3. The number of thioether (sulfide) groups is 1. The highest BCUT2D eigenvalue weighted by Gasteiger charge is 2.21. The van der Waals surface area contributed by atoms with Crippen LogP contribution < -0.4 is 4.90 Å². The van der Waals surface area contributed by atoms with Crippen LogP contribution in [0, 0.1) is 11.3 Å². The van der Waals surface area contributed by atoms with Gasteiger partial charge in [0, 0.05) is 12.2 Å². The fourth-order valence-electron chi connectivity index (χ4n) is 1.78. The molecule has 0 spiro atoms. The van der Waals surface area contributed by atoms with Crippen LogP contribution in [0.15, 0.2) is 40.9 Å². The zero-order chi connectivity index (χ0) is 15.0. The maximum atomic E-state index is 11.9. The van der Waals surface area contributed by atoms with E-state index in [0.717, 1.165) is 5.69 Å². The van der Waals surface area contributed by atoms with Crippen LogP contribution in [0.2, 0.25) is 0 Å². The van der Waals surface area contributed by atoms with Crippen molar-refractivity contribution < 1.29 is 9.53 Å². The number of esters is 1. The normalized spacial score (nSPS) is 11.3. The number of rotatable bonds is 6. The number of anilines is 1. The largest absolute Gasteiger partial charge is 0.462 e. The third-order valence-electron chi connectivity index (χ3n) is 2.63. The summed E-state index contributed by atoms with van der Waals surface area (Å²) >= 11 is 1.37. The van der Waals surface area contributed by atoms with Gasteiger partial charge in [0.25, 0.3) is 0 Å². The maximum Gasteiger partial charge on any atom is 0.351 e. The molecule has 106 valence electrons. The smallest absolute Gasteiger partial charge is 0.351 e. The highest BCUT2D eigenvalue weighted by molar-refractivity contribution is 8.02. The SMILES string of the molecule is CCOC(=O)C(C#N)=C(SC)N(CC)c1ccccc1. The molecule has 0 fully saturated rings. The molecule has 4 nitrogen and oxygen atoms in total. The molecule has 0 unspecified atom stereocenters. The summed E-state index contributed by atoms with van der Waals surface area (Å²) in [6, 6.07) is 11.6. The Kier molecular flexibility index (Phi) is 6.68. The molecule has 0 amide bonds. The number of hydrogen-bond donors (Lipinski definition) is 0. The first kappa shape index (κ1) is 16.1. The predicted molar refractivity (Wildman–Crippen MR) is 82.2 cm³/mol. The Labute approximate surface area is 124 Å². The number of ether oxygens (including phenoxy) is 1. The van der Waals surface area contributed by atoms with E-state index in [1.807, 2.05) is 54.5 Å². The van der Waals surface area contributed by atoms with Gasteiger partial charge in [-0.3, -0.25) is 0 Å². The molecule has 0 N–H and O–H groups in total. The number of carbonyl (C=O) groups is 1. The van der Waals surface area contributed by atoms with Gasteiger partial charge in [-0.1, -0.05) is 18.2 Å². The van der Waals surface area contributed by atoms with Crippen LogP contribution in [0.3, 0.4) is 0 Å². The highest BCUT2D eigenvalue weighted by atomic mass is 32.2. The molecular weight excluding hydrogens is 272 g/mol. The van der Waals surface area contributed by atoms with E-state index in [9.17, 15) is 10.1 Å². The molecular formula is C15H18N2O2S. The van der Waals surface area contributed by atoms with E-state index in [4.69, 9.17) is 4.74 Å². The minimum Gasteiger partial charge on any atom is -0.462 e. The minimum atomic E-state index is -0.575. The highest BCUT2D eigenvalue weighted by Crippen LogP contribution is 2.28. The van der Waals surface area contributed by atoms with Crippen LogP contribution in [0.25, 0.3) is 0 Å². The van der Waals surface area contributed by atoms with Crippen LogP contribution in [0.4, 0.5) is 5.69 Å². The van der Waals surface area contributed by atoms with Gasteiger partial charge < -0.3 is 9.64 Å². The summed E-state index contributed by atoms with van der Waals surface area (Å²) in [6.45, 7) is 4.61. The van der Waals surface area contributed by atoms with Crippen LogP contribution in [0.5, 0.6) is 0 Å². The minimum absolute atomic E-state index is 0.0463. The molecule has 0 saturated heterocycles. The monoisotopic (exact) mass is 290 g/mol. The van der Waals surface area contributed by atoms with Crippen molar-refractivity contribution in [2.75, 3.05) is 24.3 Å². The zero-order valence-corrected chi connectivity index (χ0v) is 12.7. The number of para-hydroxylation sites is 1. The van der Waals surface area contributed by atoms with Gasteiger partial charge >= 0.3 is 5.97 Å². The van der Waals surface area contributed by atoms with E-state index < -0.39 is 5.97 Å². The molecule has 5 heteroatoms. The van der Waals surface area contributed by atoms with Gasteiger partial charge in [0.15, 0.2) is 5.57 Å². The lowest BCUT2D eigenvalue weighted by atomic mass is 10.2. The van der Waals surface area contributed by atoms with E-state index in [2.05, 4.69) is 0 Å². The predicted octanol–water partition coefficient (Wildman–Crippen LogP) is 3.17. The van der Waals surface area contributed by atoms with Crippen molar-refractivity contribution in [2.24, 2.45) is 0 Å². The molecule has 0 aliphatic heterocycles. The first-order chi connectivity index (χ1) is 9.69. The van der Waals surface area contributed by atoms with E-state index in [1.54, 1.807) is 6.92 Å². The van der Waals surface area contributed by atoms with E-state index in [0.29, 0.717) is 11.6 Å². The number of benzene rings is 1. The average Bonchev–Trinajstić information content (AvgIpc) is 2.48. The lowest BCUT2D eigenvalue weighted by Gasteiger charge is -2.25. The van der Waals surface area contributed by atoms with Crippen molar-refractivity contribution in [1.29, 1.82) is 5.26 Å². The fourth-order valence-corrected chi connectivity index (χ4v) is 2.57. The molecule has 0 bridgehead atoms. The second-order valence-corrected chi connectivity index (χ2v) is 4.59. The van der Waals surface area contributed by atoms with Gasteiger partial charge in [-0.15, -0.1) is 11.8 Å². The summed E-state index contributed by atoms with van der Waals surface area (Å²) in [5.74, 6) is -0.575. The van der Waals surface area contributed by atoms with Crippen LogP contribution in [-0.2, 0) is 9.53 Å². The van der Waals surface area contributed by atoms with Gasteiger partial charge in [-0.2, -0.15) is 5.26 Å². The fraction of sp³-hybridized carbons (Fsp3) is 0.333. The molecule has 20 heavy (non-hydrogen) atoms. The Hall–Kier alpha value is -1.93. The molecule has 0 atom stereocenters. The van der Waals surface area contributed by atoms with E-state index in [-0.39, 0.29) is 12.2 Å². The van der Waals surface area contributed by atoms with Crippen LogP contribution in [0.1, 0.15) is 13.8 Å². The Bertz CT molecular complexity index is 520. The van der Waals surface area contributed by atoms with Crippen molar-refractivity contribution in [2.45, 2.75) is 13.8 Å². The maximum absolute atomic E-state index is 11.9. The lowest BCUT2D eigenvalue weighted by Crippen LogP contribution is -2.24. The third kappa shape index (κ3) is 3.78. The number of hydrogen-bond acceptors (Lipinski definition) is 5. The second kappa shape index (κ2) is 8.28. The Balaban J connectivity index is 3.26. The lowest BCUT2D eigenvalue weighted by molar-refractivity contribution is -0.138. The Morgan fingerprint density at radius 3 is 2.45 bits per heavy atom. The number of carbonyl (C=O) groups excluding carboxylic acids is 1. The van der Waals surface area contributed by atoms with Gasteiger partial charge in [0.05, 0.1) is 6.61 Å². The molecule has 1 aromatic rings. The summed E-state index contributed by atoms with van der Waals surface area (Å²) in [7, 11) is 0. The van der Waals surface area contributed by atoms with Crippen LogP contribution >= 0.6 is 11.8 Å². The number of nitrogens with zero attached hydrogens (tertiary/aromatic N) is 2. The van der Waals surface area contributed by atoms with E-state index >= 15 is 0 Å². The first-order valence-electron chi connectivity index (χ1n) is 6.37. The van der Waals surface area contributed by atoms with Crippen molar-refractivity contribution in [3.63, 3.8) is 0 Å². The molecule has 0 heterocycles. The average molecular weight is 290 g/mol. The van der Waals surface area contributed by atoms with Gasteiger partial charge in [0.2, 0.25) is 0 Å². The number of nitriles is 1. The van der Waals surface area contributed by atoms with E-state index in [1.165, 1.54) is 11.8 Å². The molecule has 1 rings (SSSR count). The molecule has 0 aliphatic rings. The van der Waals surface area contributed by atoms with Crippen molar-refractivity contribution in [3.05, 3.63) is 40.9 Å². The summed E-state index contributed by atoms with van der Waals surface area (Å²) in [5.41, 5.74) is 0.987. The van der Waals surface area contributed by atoms with Gasteiger partial charge in [-0.05, 0) is 32.2 Å². The summed E-state index contributed by atoms with van der Waals surface area (Å²) < 4.78 is 4.95. The summed E-state index contributed by atoms with van der Waals surface area (Å²) in [6.07, 6.45) is 1.84. The molecule has 0 saturated carbocycles. The molecule has 1 aromatic carbocycles. The molecule has 0 aromatic heterocycles. The van der Waals surface area contributed by atoms with Gasteiger partial charge in [-0.25, -0.2) is 4.79 Å². The third-order valence-corrected chi connectivity index (χ3v) is 3.44. The topological polar surface area (TPSA) is 53.3 Å². The van der Waals surface area contributed by atoms with Crippen molar-refractivity contribution in [1.82, 2.24) is 0 Å². The summed E-state index contributed by atoms with van der Waals surface area (Å²) in [5, 5.41) is 9.88. The zero-order valence-electron chi connectivity index (χ0n) is 11.9. The van der Waals surface area contributed by atoms with Crippen molar-refractivity contribution in [3.8, 4) is 6.07 Å². The Morgan fingerprint density at radius 2 is 2.00 bits per heavy atom. The first-order valence-corrected chi connectivity index (χ1v) is 7.60. The molecule has 0 radical (unpaired) electrons. The van der Waals surface area contributed by atoms with Crippen LogP contribution in [-0.4, -0.2) is 25.4 Å². The quantitative estimate of drug-likeness (QED) is 0.457.